The summed E-state index contributed by atoms with van der Waals surface area (Å²) in [6.45, 7) is 4.14. The number of aliphatic hydroxyl groups is 3. The Hall–Kier alpha value is -1.69. The summed E-state index contributed by atoms with van der Waals surface area (Å²) in [5, 5.41) is 33.0. The number of hydrogen-bond acceptors (Lipinski definition) is 4. The van der Waals surface area contributed by atoms with E-state index in [0.717, 1.165) is 51.4 Å². The summed E-state index contributed by atoms with van der Waals surface area (Å²) in [5.74, 6) is -0.535. The minimum atomic E-state index is -1.13. The molecule has 0 aromatic carbocycles. The van der Waals surface area contributed by atoms with Gasteiger partial charge in [-0.1, -0.05) is 191 Å². The first-order valence-corrected chi connectivity index (χ1v) is 22.0. The number of hydrogen-bond donors (Lipinski definition) is 4. The Labute approximate surface area is 316 Å². The SMILES string of the molecule is CCCCCCCC/C=C\CCCCC(O)C(=O)NC(CO)C(O)/C=C/CC/C=C/CC/C=C/CCCCCCCCCCCCCCCCC. The van der Waals surface area contributed by atoms with Gasteiger partial charge in [0.25, 0.3) is 0 Å². The maximum Gasteiger partial charge on any atom is 0.249 e. The lowest BCUT2D eigenvalue weighted by atomic mass is 10.0. The third-order valence-corrected chi connectivity index (χ3v) is 9.87. The van der Waals surface area contributed by atoms with Crippen LogP contribution in [-0.2, 0) is 4.79 Å². The number of nitrogens with one attached hydrogen (secondary N) is 1. The Morgan fingerprint density at radius 3 is 1.20 bits per heavy atom. The first kappa shape index (κ1) is 49.3. The third kappa shape index (κ3) is 36.5. The van der Waals surface area contributed by atoms with Crippen LogP contribution in [0.4, 0.5) is 0 Å². The number of amides is 1. The molecule has 51 heavy (non-hydrogen) atoms. The molecule has 0 spiro atoms. The predicted molar refractivity (Wildman–Crippen MR) is 222 cm³/mol. The maximum absolute atomic E-state index is 12.4. The number of aliphatic hydroxyl groups excluding tert-OH is 3. The van der Waals surface area contributed by atoms with Gasteiger partial charge in [-0.15, -0.1) is 0 Å². The zero-order chi connectivity index (χ0) is 37.3. The smallest absolute Gasteiger partial charge is 0.249 e. The summed E-state index contributed by atoms with van der Waals surface area (Å²) in [6, 6.07) is -0.829. The van der Waals surface area contributed by atoms with E-state index in [0.29, 0.717) is 6.42 Å². The highest BCUT2D eigenvalue weighted by Crippen LogP contribution is 2.14. The zero-order valence-corrected chi connectivity index (χ0v) is 33.7. The summed E-state index contributed by atoms with van der Waals surface area (Å²) in [6.07, 6.45) is 53.0. The lowest BCUT2D eigenvalue weighted by molar-refractivity contribution is -0.131. The largest absolute Gasteiger partial charge is 0.394 e. The molecule has 0 bridgehead atoms. The van der Waals surface area contributed by atoms with E-state index in [-0.39, 0.29) is 6.61 Å². The molecule has 0 aromatic rings. The van der Waals surface area contributed by atoms with E-state index in [2.05, 4.69) is 55.6 Å². The van der Waals surface area contributed by atoms with Crippen LogP contribution < -0.4 is 5.32 Å². The molecular weight excluding hydrogens is 631 g/mol. The van der Waals surface area contributed by atoms with E-state index in [9.17, 15) is 20.1 Å². The fraction of sp³-hybridized carbons (Fsp3) is 0.804. The average Bonchev–Trinajstić information content (AvgIpc) is 3.13. The van der Waals surface area contributed by atoms with Gasteiger partial charge in [-0.2, -0.15) is 0 Å². The Balaban J connectivity index is 3.74. The minimum Gasteiger partial charge on any atom is -0.394 e. The molecule has 0 saturated carbocycles. The van der Waals surface area contributed by atoms with Crippen LogP contribution in [0.2, 0.25) is 0 Å². The second-order valence-corrected chi connectivity index (χ2v) is 14.9. The number of unbranched alkanes of at least 4 members (excludes halogenated alkanes) is 25. The van der Waals surface area contributed by atoms with E-state index in [4.69, 9.17) is 0 Å². The van der Waals surface area contributed by atoms with Gasteiger partial charge in [0.15, 0.2) is 0 Å². The van der Waals surface area contributed by atoms with E-state index < -0.39 is 24.2 Å². The monoisotopic (exact) mass is 716 g/mol. The van der Waals surface area contributed by atoms with Crippen LogP contribution in [0.3, 0.4) is 0 Å². The van der Waals surface area contributed by atoms with Crippen molar-refractivity contribution in [3.05, 3.63) is 48.6 Å². The van der Waals surface area contributed by atoms with Crippen LogP contribution in [0.25, 0.3) is 0 Å². The molecule has 0 heterocycles. The Bertz CT molecular complexity index is 835. The Kier molecular flexibility index (Phi) is 39.7. The van der Waals surface area contributed by atoms with Crippen molar-refractivity contribution in [1.82, 2.24) is 5.32 Å². The van der Waals surface area contributed by atoms with Gasteiger partial charge in [-0.05, 0) is 70.6 Å². The lowest BCUT2D eigenvalue weighted by Gasteiger charge is -2.21. The van der Waals surface area contributed by atoms with Gasteiger partial charge in [0.1, 0.15) is 6.10 Å². The summed E-state index contributed by atoms with van der Waals surface area (Å²) in [5.41, 5.74) is 0. The summed E-state index contributed by atoms with van der Waals surface area (Å²) in [7, 11) is 0. The zero-order valence-electron chi connectivity index (χ0n) is 33.7. The van der Waals surface area contributed by atoms with Crippen molar-refractivity contribution in [3.8, 4) is 0 Å². The van der Waals surface area contributed by atoms with Gasteiger partial charge in [-0.25, -0.2) is 0 Å². The predicted octanol–water partition coefficient (Wildman–Crippen LogP) is 12.5. The Morgan fingerprint density at radius 1 is 0.471 bits per heavy atom. The third-order valence-electron chi connectivity index (χ3n) is 9.87. The van der Waals surface area contributed by atoms with Crippen molar-refractivity contribution in [2.24, 2.45) is 0 Å². The van der Waals surface area contributed by atoms with Crippen LogP contribution in [0.5, 0.6) is 0 Å². The van der Waals surface area contributed by atoms with Crippen LogP contribution in [0, 0.1) is 0 Å². The highest BCUT2D eigenvalue weighted by atomic mass is 16.3. The van der Waals surface area contributed by atoms with Crippen molar-refractivity contribution in [2.75, 3.05) is 6.61 Å². The molecule has 0 aliphatic heterocycles. The van der Waals surface area contributed by atoms with Gasteiger partial charge in [0.2, 0.25) is 5.91 Å². The van der Waals surface area contributed by atoms with Crippen molar-refractivity contribution in [3.63, 3.8) is 0 Å². The standard InChI is InChI=1S/C46H85NO4/c1-3-5-7-9-11-13-15-17-18-19-20-21-22-23-24-25-26-27-28-29-31-32-34-36-38-40-44(49)43(42-48)47-46(51)45(50)41-39-37-35-33-30-16-14-12-10-8-6-4-2/h26-27,30-33,38,40,43-45,48-50H,3-25,28-29,34-37,39,41-42H2,1-2H3,(H,47,51)/b27-26+,32-31+,33-30-,40-38+. The van der Waals surface area contributed by atoms with Gasteiger partial charge in [-0.3, -0.25) is 4.79 Å². The second-order valence-electron chi connectivity index (χ2n) is 14.9. The van der Waals surface area contributed by atoms with Crippen molar-refractivity contribution >= 4 is 5.91 Å². The minimum absolute atomic E-state index is 0.378. The summed E-state index contributed by atoms with van der Waals surface area (Å²) < 4.78 is 0. The molecule has 298 valence electrons. The fourth-order valence-corrected chi connectivity index (χ4v) is 6.39. The highest BCUT2D eigenvalue weighted by Gasteiger charge is 2.22. The van der Waals surface area contributed by atoms with Crippen molar-refractivity contribution in [2.45, 2.75) is 231 Å². The second kappa shape index (κ2) is 41.1. The molecule has 3 atom stereocenters. The summed E-state index contributed by atoms with van der Waals surface area (Å²) in [4.78, 5) is 12.4. The molecule has 5 heteroatoms. The van der Waals surface area contributed by atoms with Crippen molar-refractivity contribution < 1.29 is 20.1 Å². The number of allylic oxidation sites excluding steroid dienone is 7. The van der Waals surface area contributed by atoms with E-state index >= 15 is 0 Å². The molecule has 0 saturated heterocycles. The first-order valence-electron chi connectivity index (χ1n) is 22.0. The van der Waals surface area contributed by atoms with Crippen LogP contribution in [0.1, 0.15) is 213 Å². The number of carbonyl (C=O) groups is 1. The van der Waals surface area contributed by atoms with E-state index in [1.807, 2.05) is 6.08 Å². The molecule has 0 radical (unpaired) electrons. The molecule has 1 amide bonds. The van der Waals surface area contributed by atoms with Gasteiger partial charge < -0.3 is 20.6 Å². The van der Waals surface area contributed by atoms with Gasteiger partial charge in [0, 0.05) is 0 Å². The van der Waals surface area contributed by atoms with Crippen LogP contribution in [-0.4, -0.2) is 46.1 Å². The topological polar surface area (TPSA) is 89.8 Å². The van der Waals surface area contributed by atoms with Crippen LogP contribution in [0.15, 0.2) is 48.6 Å². The molecule has 5 nitrogen and oxygen atoms in total. The summed E-state index contributed by atoms with van der Waals surface area (Å²) >= 11 is 0. The number of carbonyl (C=O) groups excluding carboxylic acids is 1. The first-order chi connectivity index (χ1) is 25.1. The molecule has 4 N–H and O–H groups in total. The maximum atomic E-state index is 12.4. The quantitative estimate of drug-likeness (QED) is 0.0377. The van der Waals surface area contributed by atoms with E-state index in [1.165, 1.54) is 141 Å². The molecule has 0 fully saturated rings. The molecule has 3 unspecified atom stereocenters. The number of rotatable bonds is 39. The Morgan fingerprint density at radius 2 is 0.804 bits per heavy atom. The van der Waals surface area contributed by atoms with Crippen molar-refractivity contribution in [1.29, 1.82) is 0 Å². The van der Waals surface area contributed by atoms with E-state index in [1.54, 1.807) is 6.08 Å². The normalized spacial score (nSPS) is 14.1. The molecule has 0 aromatic heterocycles. The molecular formula is C46H85NO4. The van der Waals surface area contributed by atoms with Crippen LogP contribution >= 0.6 is 0 Å². The average molecular weight is 716 g/mol. The molecule has 0 aliphatic rings. The van der Waals surface area contributed by atoms with Gasteiger partial charge >= 0.3 is 0 Å². The van der Waals surface area contributed by atoms with Gasteiger partial charge in [0.05, 0.1) is 18.8 Å². The molecule has 0 rings (SSSR count). The molecule has 0 aliphatic carbocycles. The highest BCUT2D eigenvalue weighted by molar-refractivity contribution is 5.80. The lowest BCUT2D eigenvalue weighted by Crippen LogP contribution is -2.48. The fourth-order valence-electron chi connectivity index (χ4n) is 6.39.